The number of alkyl carbamates (subject to hydrolysis) is 1. The first-order valence-electron chi connectivity index (χ1n) is 14.1. The van der Waals surface area contributed by atoms with Crippen molar-refractivity contribution in [3.05, 3.63) is 105 Å². The first kappa shape index (κ1) is 30.8. The molecule has 222 valence electrons. The Morgan fingerprint density at radius 2 is 1.76 bits per heavy atom. The molecule has 1 atom stereocenters. The van der Waals surface area contributed by atoms with Crippen LogP contribution in [0.5, 0.6) is 0 Å². The highest BCUT2D eigenvalue weighted by molar-refractivity contribution is 6.30. The van der Waals surface area contributed by atoms with Crippen molar-refractivity contribution in [3.8, 4) is 0 Å². The van der Waals surface area contributed by atoms with Gasteiger partial charge in [0.05, 0.1) is 23.8 Å². The number of hydrogen-bond acceptors (Lipinski definition) is 5. The van der Waals surface area contributed by atoms with Crippen molar-refractivity contribution in [1.29, 1.82) is 0 Å². The predicted molar refractivity (Wildman–Crippen MR) is 164 cm³/mol. The van der Waals surface area contributed by atoms with E-state index in [-0.39, 0.29) is 11.6 Å². The second kappa shape index (κ2) is 13.2. The number of ether oxygens (including phenoxy) is 1. The zero-order chi connectivity index (χ0) is 30.4. The third-order valence-corrected chi connectivity index (χ3v) is 7.01. The molecule has 0 aliphatic carbocycles. The lowest BCUT2D eigenvalue weighted by Crippen LogP contribution is -2.41. The van der Waals surface area contributed by atoms with Gasteiger partial charge in [0.15, 0.2) is 0 Å². The summed E-state index contributed by atoms with van der Waals surface area (Å²) in [5, 5.41) is 7.72. The van der Waals surface area contributed by atoms with Gasteiger partial charge in [0, 0.05) is 29.4 Å². The number of carbonyl (C=O) groups is 2. The number of hydrogen-bond donors (Lipinski definition) is 1. The number of nitrogens with zero attached hydrogens (tertiary/aromatic N) is 4. The van der Waals surface area contributed by atoms with Crippen molar-refractivity contribution < 1.29 is 14.3 Å². The molecule has 0 saturated carbocycles. The lowest BCUT2D eigenvalue weighted by molar-refractivity contribution is 0.0523. The summed E-state index contributed by atoms with van der Waals surface area (Å²) in [5.74, 6) is -0.195. The van der Waals surface area contributed by atoms with Crippen molar-refractivity contribution in [2.45, 2.75) is 65.6 Å². The third-order valence-electron chi connectivity index (χ3n) is 6.76. The van der Waals surface area contributed by atoms with Gasteiger partial charge in [-0.3, -0.25) is 9.36 Å². The van der Waals surface area contributed by atoms with Crippen molar-refractivity contribution in [1.82, 2.24) is 24.4 Å². The molecule has 9 nitrogen and oxygen atoms in total. The number of rotatable bonds is 10. The van der Waals surface area contributed by atoms with Gasteiger partial charge in [0.2, 0.25) is 0 Å². The zero-order valence-corrected chi connectivity index (χ0v) is 25.5. The number of halogens is 1. The molecule has 0 radical (unpaired) electrons. The summed E-state index contributed by atoms with van der Waals surface area (Å²) >= 11 is 6.11. The molecule has 2 heterocycles. The molecule has 0 bridgehead atoms. The molecule has 0 saturated heterocycles. The van der Waals surface area contributed by atoms with Crippen LogP contribution in [0.25, 0.3) is 5.52 Å². The molecule has 0 spiro atoms. The largest absolute Gasteiger partial charge is 0.444 e. The minimum Gasteiger partial charge on any atom is -0.444 e. The first-order chi connectivity index (χ1) is 20.0. The Balaban J connectivity index is 1.73. The Hall–Kier alpha value is -4.11. The normalized spacial score (nSPS) is 12.2. The number of carbonyl (C=O) groups excluding carboxylic acids is 2. The lowest BCUT2D eigenvalue weighted by Gasteiger charge is -2.33. The Kier molecular flexibility index (Phi) is 9.73. The molecular formula is C32H38ClN5O4. The molecule has 0 unspecified atom stereocenters. The molecule has 0 aliphatic heterocycles. The number of amides is 2. The van der Waals surface area contributed by atoms with E-state index >= 15 is 0 Å². The molecule has 1 N–H and O–H groups in total. The minimum absolute atomic E-state index is 0.195. The fraction of sp³-hybridized carbons (Fsp3) is 0.375. The summed E-state index contributed by atoms with van der Waals surface area (Å²) in [4.78, 5) is 41.8. The standard InChI is InChI=1S/C32H38ClN5O4/c1-6-27(28-20-26-19-22(2)35-38(26)31(41)37(28)21-23-11-8-7-9-12-23)36(29(39)24-13-15-25(33)16-14-24)18-10-17-34-30(40)42-32(3,4)5/h7-9,11-16,19-20,27H,6,10,17-18,21H2,1-5H3,(H,34,40)/t27-/m1/s1. The second-order valence-electron chi connectivity index (χ2n) is 11.3. The maximum atomic E-state index is 14.0. The van der Waals surface area contributed by atoms with Crippen LogP contribution in [0.2, 0.25) is 5.02 Å². The molecular weight excluding hydrogens is 554 g/mol. The van der Waals surface area contributed by atoms with Crippen LogP contribution in [0.4, 0.5) is 4.79 Å². The zero-order valence-electron chi connectivity index (χ0n) is 24.8. The molecule has 0 aliphatic rings. The maximum Gasteiger partial charge on any atom is 0.407 e. The second-order valence-corrected chi connectivity index (χ2v) is 11.7. The van der Waals surface area contributed by atoms with E-state index in [1.54, 1.807) is 54.5 Å². The number of benzene rings is 2. The van der Waals surface area contributed by atoms with E-state index in [2.05, 4.69) is 10.4 Å². The fourth-order valence-electron chi connectivity index (χ4n) is 4.93. The molecule has 2 amide bonds. The van der Waals surface area contributed by atoms with E-state index in [1.165, 1.54) is 4.52 Å². The van der Waals surface area contributed by atoms with E-state index in [4.69, 9.17) is 16.3 Å². The smallest absolute Gasteiger partial charge is 0.407 e. The SMILES string of the molecule is CC[C@H](c1cc2cc(C)nn2c(=O)n1Cc1ccccc1)N(CCCNC(=O)OC(C)(C)C)C(=O)c1ccc(Cl)cc1. The molecule has 2 aromatic carbocycles. The minimum atomic E-state index is -0.610. The van der Waals surface area contributed by atoms with Crippen LogP contribution in [0, 0.1) is 6.92 Å². The summed E-state index contributed by atoms with van der Waals surface area (Å²) < 4.78 is 8.46. The number of aromatic nitrogens is 3. The van der Waals surface area contributed by atoms with E-state index in [1.807, 2.05) is 56.3 Å². The Bertz CT molecular complexity index is 1590. The van der Waals surface area contributed by atoms with Crippen molar-refractivity contribution in [2.24, 2.45) is 0 Å². The molecule has 10 heteroatoms. The van der Waals surface area contributed by atoms with Crippen LogP contribution in [0.1, 0.15) is 73.9 Å². The summed E-state index contributed by atoms with van der Waals surface area (Å²) in [6, 6.07) is 19.9. The Labute approximate surface area is 251 Å². The van der Waals surface area contributed by atoms with Crippen LogP contribution < -0.4 is 11.0 Å². The highest BCUT2D eigenvalue weighted by Crippen LogP contribution is 2.28. The van der Waals surface area contributed by atoms with E-state index in [0.29, 0.717) is 54.3 Å². The molecule has 42 heavy (non-hydrogen) atoms. The van der Waals surface area contributed by atoms with Gasteiger partial charge in [0.25, 0.3) is 5.91 Å². The van der Waals surface area contributed by atoms with Crippen molar-refractivity contribution in [2.75, 3.05) is 13.1 Å². The molecule has 4 rings (SSSR count). The van der Waals surface area contributed by atoms with Crippen LogP contribution in [-0.4, -0.2) is 49.8 Å². The van der Waals surface area contributed by atoms with Crippen molar-refractivity contribution in [3.63, 3.8) is 0 Å². The molecule has 0 fully saturated rings. The molecule has 4 aromatic rings. The van der Waals surface area contributed by atoms with Gasteiger partial charge in [0.1, 0.15) is 5.60 Å². The summed E-state index contributed by atoms with van der Waals surface area (Å²) in [6.45, 7) is 10.2. The number of nitrogens with one attached hydrogen (secondary N) is 1. The summed E-state index contributed by atoms with van der Waals surface area (Å²) in [7, 11) is 0. The van der Waals surface area contributed by atoms with E-state index in [9.17, 15) is 14.4 Å². The number of aryl methyl sites for hydroxylation is 1. The van der Waals surface area contributed by atoms with E-state index < -0.39 is 17.7 Å². The fourth-order valence-corrected chi connectivity index (χ4v) is 5.06. The monoisotopic (exact) mass is 591 g/mol. The molecule has 2 aromatic heterocycles. The van der Waals surface area contributed by atoms with Gasteiger partial charge in [-0.05, 0) is 82.5 Å². The number of fused-ring (bicyclic) bond motifs is 1. The average Bonchev–Trinajstić information content (AvgIpc) is 3.32. The van der Waals surface area contributed by atoms with Crippen LogP contribution in [0.15, 0.2) is 71.5 Å². The van der Waals surface area contributed by atoms with Gasteiger partial charge >= 0.3 is 11.8 Å². The first-order valence-corrected chi connectivity index (χ1v) is 14.5. The highest BCUT2D eigenvalue weighted by atomic mass is 35.5. The van der Waals surface area contributed by atoms with Gasteiger partial charge in [-0.25, -0.2) is 9.59 Å². The Morgan fingerprint density at radius 1 is 1.07 bits per heavy atom. The summed E-state index contributed by atoms with van der Waals surface area (Å²) in [6.07, 6.45) is 0.519. The van der Waals surface area contributed by atoms with Gasteiger partial charge in [-0.2, -0.15) is 9.61 Å². The maximum absolute atomic E-state index is 14.0. The lowest BCUT2D eigenvalue weighted by atomic mass is 10.0. The topological polar surface area (TPSA) is 97.9 Å². The van der Waals surface area contributed by atoms with Crippen LogP contribution >= 0.6 is 11.6 Å². The third kappa shape index (κ3) is 7.59. The van der Waals surface area contributed by atoms with E-state index in [0.717, 1.165) is 11.3 Å². The van der Waals surface area contributed by atoms with Crippen LogP contribution in [0.3, 0.4) is 0 Å². The van der Waals surface area contributed by atoms with Crippen LogP contribution in [-0.2, 0) is 11.3 Å². The van der Waals surface area contributed by atoms with Gasteiger partial charge in [-0.15, -0.1) is 0 Å². The average molecular weight is 592 g/mol. The predicted octanol–water partition coefficient (Wildman–Crippen LogP) is 6.01. The highest BCUT2D eigenvalue weighted by Gasteiger charge is 2.28. The van der Waals surface area contributed by atoms with Gasteiger partial charge < -0.3 is 15.0 Å². The summed E-state index contributed by atoms with van der Waals surface area (Å²) in [5.41, 5.74) is 2.66. The Morgan fingerprint density at radius 3 is 2.40 bits per heavy atom. The van der Waals surface area contributed by atoms with Crippen molar-refractivity contribution >= 4 is 29.1 Å². The quantitative estimate of drug-likeness (QED) is 0.228. The van der Waals surface area contributed by atoms with Gasteiger partial charge in [-0.1, -0.05) is 48.9 Å².